The molecule has 0 spiro atoms. The third-order valence-electron chi connectivity index (χ3n) is 2.60. The van der Waals surface area contributed by atoms with Gasteiger partial charge >= 0.3 is 0 Å². The van der Waals surface area contributed by atoms with Gasteiger partial charge in [-0.2, -0.15) is 0 Å². The second-order valence-electron chi connectivity index (χ2n) is 4.28. The Labute approximate surface area is 92.9 Å². The van der Waals surface area contributed by atoms with E-state index in [-0.39, 0.29) is 0 Å². The van der Waals surface area contributed by atoms with Crippen LogP contribution in [-0.4, -0.2) is 6.04 Å². The fourth-order valence-corrected chi connectivity index (χ4v) is 1.64. The monoisotopic (exact) mass is 206 g/mol. The zero-order valence-corrected chi connectivity index (χ0v) is 10.0. The van der Waals surface area contributed by atoms with Crippen LogP contribution in [0, 0.1) is 6.92 Å². The first-order chi connectivity index (χ1) is 7.13. The maximum Gasteiger partial charge on any atom is 0.0578 e. The Hall–Kier alpha value is -1.18. The number of hydrogen-bond acceptors (Lipinski definition) is 2. The highest BCUT2D eigenvalue weighted by molar-refractivity contribution is 5.67. The quantitative estimate of drug-likeness (QED) is 0.723. The average molecular weight is 206 g/mol. The summed E-state index contributed by atoms with van der Waals surface area (Å²) in [5, 5.41) is 3.46. The van der Waals surface area contributed by atoms with Crippen LogP contribution in [0.2, 0.25) is 0 Å². The van der Waals surface area contributed by atoms with Gasteiger partial charge in [-0.1, -0.05) is 25.8 Å². The molecule has 0 radical (unpaired) electrons. The van der Waals surface area contributed by atoms with Crippen molar-refractivity contribution < 1.29 is 0 Å². The van der Waals surface area contributed by atoms with Crippen LogP contribution in [0.1, 0.15) is 38.7 Å². The summed E-state index contributed by atoms with van der Waals surface area (Å²) in [5.74, 6) is 0. The van der Waals surface area contributed by atoms with Crippen LogP contribution in [0.5, 0.6) is 0 Å². The smallest absolute Gasteiger partial charge is 0.0578 e. The second-order valence-corrected chi connectivity index (χ2v) is 4.28. The second kappa shape index (κ2) is 5.64. The van der Waals surface area contributed by atoms with Crippen LogP contribution >= 0.6 is 0 Å². The molecule has 0 aliphatic rings. The van der Waals surface area contributed by atoms with Crippen molar-refractivity contribution in [1.82, 2.24) is 0 Å². The van der Waals surface area contributed by atoms with Crippen molar-refractivity contribution in [2.24, 2.45) is 0 Å². The highest BCUT2D eigenvalue weighted by atomic mass is 14.9. The van der Waals surface area contributed by atoms with Crippen LogP contribution in [0.4, 0.5) is 11.4 Å². The predicted molar refractivity (Wildman–Crippen MR) is 68.2 cm³/mol. The largest absolute Gasteiger partial charge is 0.397 e. The molecule has 84 valence electrons. The molecule has 1 unspecified atom stereocenters. The predicted octanol–water partition coefficient (Wildman–Crippen LogP) is 3.57. The van der Waals surface area contributed by atoms with Crippen LogP contribution < -0.4 is 11.1 Å². The van der Waals surface area contributed by atoms with Crippen molar-refractivity contribution in [2.45, 2.75) is 46.1 Å². The summed E-state index contributed by atoms with van der Waals surface area (Å²) >= 11 is 0. The van der Waals surface area contributed by atoms with E-state index in [1.54, 1.807) is 0 Å². The molecule has 0 aliphatic carbocycles. The van der Waals surface area contributed by atoms with Gasteiger partial charge in [-0.3, -0.25) is 0 Å². The zero-order valence-electron chi connectivity index (χ0n) is 10.0. The molecule has 2 nitrogen and oxygen atoms in total. The number of benzene rings is 1. The minimum atomic E-state index is 0.494. The molecular weight excluding hydrogens is 184 g/mol. The molecule has 0 bridgehead atoms. The first-order valence-electron chi connectivity index (χ1n) is 5.76. The number of nitrogen functional groups attached to an aromatic ring is 1. The summed E-state index contributed by atoms with van der Waals surface area (Å²) in [6.07, 6.45) is 3.71. The molecule has 0 aromatic heterocycles. The Morgan fingerprint density at radius 3 is 2.80 bits per heavy atom. The van der Waals surface area contributed by atoms with Crippen LogP contribution in [0.25, 0.3) is 0 Å². The Morgan fingerprint density at radius 1 is 1.40 bits per heavy atom. The summed E-state index contributed by atoms with van der Waals surface area (Å²) in [4.78, 5) is 0. The first-order valence-corrected chi connectivity index (χ1v) is 5.76. The van der Waals surface area contributed by atoms with Crippen LogP contribution in [-0.2, 0) is 0 Å². The van der Waals surface area contributed by atoms with Gasteiger partial charge in [0.1, 0.15) is 0 Å². The Bertz CT molecular complexity index is 307. The van der Waals surface area contributed by atoms with Gasteiger partial charge in [-0.25, -0.2) is 0 Å². The molecule has 0 heterocycles. The van der Waals surface area contributed by atoms with E-state index in [0.29, 0.717) is 6.04 Å². The van der Waals surface area contributed by atoms with E-state index in [4.69, 9.17) is 5.73 Å². The minimum Gasteiger partial charge on any atom is -0.397 e. The lowest BCUT2D eigenvalue weighted by molar-refractivity contribution is 0.645. The highest BCUT2D eigenvalue weighted by Gasteiger charge is 2.04. The van der Waals surface area contributed by atoms with Crippen molar-refractivity contribution in [2.75, 3.05) is 11.1 Å². The lowest BCUT2D eigenvalue weighted by atomic mass is 10.1. The summed E-state index contributed by atoms with van der Waals surface area (Å²) in [6.45, 7) is 6.51. The van der Waals surface area contributed by atoms with Gasteiger partial charge in [-0.05, 0) is 38.0 Å². The van der Waals surface area contributed by atoms with Gasteiger partial charge in [0, 0.05) is 6.04 Å². The molecule has 1 rings (SSSR count). The standard InChI is InChI=1S/C13H22N2/c1-4-5-6-11(3)15-13-9-10(2)7-8-12(13)14/h7-9,11,15H,4-6,14H2,1-3H3. The summed E-state index contributed by atoms with van der Waals surface area (Å²) in [7, 11) is 0. The molecule has 0 amide bonds. The van der Waals surface area contributed by atoms with Gasteiger partial charge < -0.3 is 11.1 Å². The third-order valence-corrected chi connectivity index (χ3v) is 2.60. The fraction of sp³-hybridized carbons (Fsp3) is 0.538. The molecule has 3 N–H and O–H groups in total. The number of hydrogen-bond donors (Lipinski definition) is 2. The fourth-order valence-electron chi connectivity index (χ4n) is 1.64. The van der Waals surface area contributed by atoms with Crippen molar-refractivity contribution in [3.05, 3.63) is 23.8 Å². The number of rotatable bonds is 5. The van der Waals surface area contributed by atoms with Gasteiger partial charge in [-0.15, -0.1) is 0 Å². The van der Waals surface area contributed by atoms with Crippen molar-refractivity contribution in [3.63, 3.8) is 0 Å². The lowest BCUT2D eigenvalue weighted by Gasteiger charge is -2.16. The van der Waals surface area contributed by atoms with Gasteiger partial charge in [0.25, 0.3) is 0 Å². The zero-order chi connectivity index (χ0) is 11.3. The SMILES string of the molecule is CCCCC(C)Nc1cc(C)ccc1N. The minimum absolute atomic E-state index is 0.494. The Balaban J connectivity index is 2.59. The van der Waals surface area contributed by atoms with E-state index < -0.39 is 0 Å². The molecule has 1 atom stereocenters. The van der Waals surface area contributed by atoms with E-state index in [1.807, 2.05) is 12.1 Å². The van der Waals surface area contributed by atoms with Gasteiger partial charge in [0.15, 0.2) is 0 Å². The Morgan fingerprint density at radius 2 is 2.13 bits per heavy atom. The molecule has 0 fully saturated rings. The molecule has 0 saturated carbocycles. The lowest BCUT2D eigenvalue weighted by Crippen LogP contribution is -2.15. The number of nitrogens with two attached hydrogens (primary N) is 1. The molecule has 1 aromatic carbocycles. The Kier molecular flexibility index (Phi) is 4.47. The molecular formula is C13H22N2. The van der Waals surface area contributed by atoms with Gasteiger partial charge in [0.2, 0.25) is 0 Å². The summed E-state index contributed by atoms with van der Waals surface area (Å²) in [6, 6.07) is 6.60. The van der Waals surface area contributed by atoms with E-state index >= 15 is 0 Å². The van der Waals surface area contributed by atoms with E-state index in [1.165, 1.54) is 24.8 Å². The number of anilines is 2. The maximum absolute atomic E-state index is 5.90. The van der Waals surface area contributed by atoms with E-state index in [2.05, 4.69) is 32.2 Å². The van der Waals surface area contributed by atoms with Crippen LogP contribution in [0.3, 0.4) is 0 Å². The molecule has 0 aliphatic heterocycles. The number of unbranched alkanes of at least 4 members (excludes halogenated alkanes) is 1. The number of nitrogens with one attached hydrogen (secondary N) is 1. The van der Waals surface area contributed by atoms with Crippen LogP contribution in [0.15, 0.2) is 18.2 Å². The third kappa shape index (κ3) is 3.82. The molecule has 1 aromatic rings. The summed E-state index contributed by atoms with van der Waals surface area (Å²) in [5.41, 5.74) is 9.05. The van der Waals surface area contributed by atoms with Crippen molar-refractivity contribution >= 4 is 11.4 Å². The number of aryl methyl sites for hydroxylation is 1. The first kappa shape index (κ1) is 11.9. The van der Waals surface area contributed by atoms with Crippen molar-refractivity contribution in [1.29, 1.82) is 0 Å². The molecule has 0 saturated heterocycles. The topological polar surface area (TPSA) is 38.0 Å². The summed E-state index contributed by atoms with van der Waals surface area (Å²) < 4.78 is 0. The highest BCUT2D eigenvalue weighted by Crippen LogP contribution is 2.21. The molecule has 2 heteroatoms. The van der Waals surface area contributed by atoms with Crippen molar-refractivity contribution in [3.8, 4) is 0 Å². The normalized spacial score (nSPS) is 12.5. The van der Waals surface area contributed by atoms with Gasteiger partial charge in [0.05, 0.1) is 11.4 Å². The maximum atomic E-state index is 5.90. The molecule has 15 heavy (non-hydrogen) atoms. The van der Waals surface area contributed by atoms with E-state index in [9.17, 15) is 0 Å². The average Bonchev–Trinajstić information content (AvgIpc) is 2.20. The van der Waals surface area contributed by atoms with E-state index in [0.717, 1.165) is 11.4 Å².